The topological polar surface area (TPSA) is 88.1 Å². The van der Waals surface area contributed by atoms with E-state index < -0.39 is 5.69 Å². The Morgan fingerprint density at radius 3 is 2.86 bits per heavy atom. The Hall–Kier alpha value is -2.38. The van der Waals surface area contributed by atoms with Gasteiger partial charge in [-0.05, 0) is 24.3 Å². The highest BCUT2D eigenvalue weighted by Gasteiger charge is 2.11. The van der Waals surface area contributed by atoms with Gasteiger partial charge in [0.15, 0.2) is 11.5 Å². The van der Waals surface area contributed by atoms with Gasteiger partial charge in [0, 0.05) is 5.56 Å². The van der Waals surface area contributed by atoms with Gasteiger partial charge in [0.2, 0.25) is 0 Å². The first kappa shape index (κ1) is 14.6. The molecule has 0 radical (unpaired) electrons. The zero-order valence-corrected chi connectivity index (χ0v) is 12.9. The molecule has 0 unspecified atom stereocenters. The molecule has 3 rings (SSSR count). The third-order valence-corrected chi connectivity index (χ3v) is 4.08. The van der Waals surface area contributed by atoms with Crippen LogP contribution < -0.4 is 10.4 Å². The van der Waals surface area contributed by atoms with Crippen molar-refractivity contribution in [2.45, 2.75) is 0 Å². The summed E-state index contributed by atoms with van der Waals surface area (Å²) in [6.45, 7) is 0. The van der Waals surface area contributed by atoms with Crippen LogP contribution >= 0.6 is 22.9 Å². The largest absolute Gasteiger partial charge is 0.504 e. The second-order valence-electron chi connectivity index (χ2n) is 4.34. The minimum atomic E-state index is -0.495. The molecule has 22 heavy (non-hydrogen) atoms. The van der Waals surface area contributed by atoms with E-state index in [2.05, 4.69) is 15.0 Å². The summed E-state index contributed by atoms with van der Waals surface area (Å²) < 4.78 is 5.59. The maximum atomic E-state index is 11.8. The van der Waals surface area contributed by atoms with Crippen LogP contribution in [0.4, 0.5) is 0 Å². The van der Waals surface area contributed by atoms with Crippen LogP contribution in [0.2, 0.25) is 4.34 Å². The molecule has 8 heteroatoms. The number of nitrogens with one attached hydrogen (secondary N) is 1. The lowest BCUT2D eigenvalue weighted by Crippen LogP contribution is -2.11. The van der Waals surface area contributed by atoms with Crippen molar-refractivity contribution in [3.05, 3.63) is 45.3 Å². The van der Waals surface area contributed by atoms with E-state index in [4.69, 9.17) is 16.3 Å². The molecular weight excluding hydrogens is 326 g/mol. The monoisotopic (exact) mass is 335 g/mol. The third kappa shape index (κ3) is 2.81. The molecule has 0 aliphatic carbocycles. The number of thiazole rings is 1. The molecule has 3 aromatic rings. The standard InChI is InChI=1S/C14H10ClN3O3S/c1-21-11-4-7(2-3-10(11)19)8-5-9(18-14(20)17-8)13-16-6-12(15)22-13/h2-6,19H,1H3,(H,17,18,20). The Labute approximate surface area is 134 Å². The molecular formula is C14H10ClN3O3S. The number of hydrogen-bond acceptors (Lipinski definition) is 6. The summed E-state index contributed by atoms with van der Waals surface area (Å²) in [5.74, 6) is 0.321. The molecule has 0 amide bonds. The molecule has 0 saturated heterocycles. The van der Waals surface area contributed by atoms with Crippen molar-refractivity contribution >= 4 is 22.9 Å². The van der Waals surface area contributed by atoms with Crippen molar-refractivity contribution in [2.24, 2.45) is 0 Å². The molecule has 0 fully saturated rings. The number of H-pyrrole nitrogens is 1. The molecule has 2 heterocycles. The average Bonchev–Trinajstić information content (AvgIpc) is 2.94. The van der Waals surface area contributed by atoms with Gasteiger partial charge >= 0.3 is 5.69 Å². The second-order valence-corrected chi connectivity index (χ2v) is 6.00. The van der Waals surface area contributed by atoms with Gasteiger partial charge in [-0.2, -0.15) is 4.98 Å². The van der Waals surface area contributed by atoms with Gasteiger partial charge in [-0.3, -0.25) is 0 Å². The Morgan fingerprint density at radius 1 is 1.36 bits per heavy atom. The molecule has 6 nitrogen and oxygen atoms in total. The van der Waals surface area contributed by atoms with Crippen LogP contribution in [-0.4, -0.2) is 27.2 Å². The SMILES string of the molecule is COc1cc(-c2cc(-c3ncc(Cl)s3)[nH]c(=O)n2)ccc1O. The number of aromatic amines is 1. The molecule has 0 saturated carbocycles. The average molecular weight is 336 g/mol. The lowest BCUT2D eigenvalue weighted by Gasteiger charge is -2.07. The van der Waals surface area contributed by atoms with E-state index >= 15 is 0 Å². The zero-order chi connectivity index (χ0) is 15.7. The highest BCUT2D eigenvalue weighted by molar-refractivity contribution is 7.18. The van der Waals surface area contributed by atoms with E-state index in [0.29, 0.717) is 32.0 Å². The van der Waals surface area contributed by atoms with E-state index in [9.17, 15) is 9.90 Å². The van der Waals surface area contributed by atoms with E-state index in [-0.39, 0.29) is 5.75 Å². The fourth-order valence-corrected chi connectivity index (χ4v) is 2.82. The van der Waals surface area contributed by atoms with E-state index in [1.807, 2.05) is 0 Å². The Bertz CT molecular complexity index is 891. The molecule has 0 aliphatic rings. The van der Waals surface area contributed by atoms with Crippen LogP contribution in [-0.2, 0) is 0 Å². The maximum absolute atomic E-state index is 11.8. The van der Waals surface area contributed by atoms with Gasteiger partial charge in [-0.1, -0.05) is 11.6 Å². The predicted molar refractivity (Wildman–Crippen MR) is 84.6 cm³/mol. The summed E-state index contributed by atoms with van der Waals surface area (Å²) in [6, 6.07) is 6.44. The lowest BCUT2D eigenvalue weighted by atomic mass is 10.1. The first-order chi connectivity index (χ1) is 10.6. The number of hydrogen-bond donors (Lipinski definition) is 2. The number of halogens is 1. The fraction of sp³-hybridized carbons (Fsp3) is 0.0714. The van der Waals surface area contributed by atoms with Crippen molar-refractivity contribution in [1.82, 2.24) is 15.0 Å². The Balaban J connectivity index is 2.12. The number of rotatable bonds is 3. The highest BCUT2D eigenvalue weighted by Crippen LogP contribution is 2.32. The number of nitrogens with zero attached hydrogens (tertiary/aromatic N) is 2. The van der Waals surface area contributed by atoms with Gasteiger partial charge in [0.1, 0.15) is 9.34 Å². The van der Waals surface area contributed by atoms with E-state index in [1.165, 1.54) is 30.7 Å². The van der Waals surface area contributed by atoms with Gasteiger partial charge in [-0.15, -0.1) is 11.3 Å². The number of phenols is 1. The van der Waals surface area contributed by atoms with Gasteiger partial charge in [-0.25, -0.2) is 9.78 Å². The molecule has 2 aromatic heterocycles. The summed E-state index contributed by atoms with van der Waals surface area (Å²) >= 11 is 7.12. The smallest absolute Gasteiger partial charge is 0.346 e. The van der Waals surface area contributed by atoms with Gasteiger partial charge < -0.3 is 14.8 Å². The first-order valence-electron chi connectivity index (χ1n) is 6.17. The highest BCUT2D eigenvalue weighted by atomic mass is 35.5. The molecule has 0 atom stereocenters. The second kappa shape index (κ2) is 5.78. The maximum Gasteiger partial charge on any atom is 0.346 e. The third-order valence-electron chi connectivity index (χ3n) is 2.93. The number of phenolic OH excluding ortho intramolecular Hbond substituents is 1. The normalized spacial score (nSPS) is 10.6. The Kier molecular flexibility index (Phi) is 3.82. The summed E-state index contributed by atoms with van der Waals surface area (Å²) in [7, 11) is 1.45. The van der Waals surface area contributed by atoms with Crippen LogP contribution in [0.5, 0.6) is 11.5 Å². The minimum Gasteiger partial charge on any atom is -0.504 e. The van der Waals surface area contributed by atoms with Crippen LogP contribution in [0.3, 0.4) is 0 Å². The quantitative estimate of drug-likeness (QED) is 0.768. The number of benzene rings is 1. The molecule has 1 aromatic carbocycles. The van der Waals surface area contributed by atoms with Gasteiger partial charge in [0.25, 0.3) is 0 Å². The predicted octanol–water partition coefficient (Wildman–Crippen LogP) is 2.93. The van der Waals surface area contributed by atoms with Crippen LogP contribution in [0.1, 0.15) is 0 Å². The van der Waals surface area contributed by atoms with Gasteiger partial charge in [0.05, 0.1) is 24.7 Å². The lowest BCUT2D eigenvalue weighted by molar-refractivity contribution is 0.373. The zero-order valence-electron chi connectivity index (χ0n) is 11.3. The van der Waals surface area contributed by atoms with Crippen LogP contribution in [0.25, 0.3) is 22.0 Å². The molecule has 0 aliphatic heterocycles. The number of ether oxygens (including phenoxy) is 1. The molecule has 0 spiro atoms. The summed E-state index contributed by atoms with van der Waals surface area (Å²) in [5, 5.41) is 10.2. The Morgan fingerprint density at radius 2 is 2.18 bits per heavy atom. The number of methoxy groups -OCH3 is 1. The summed E-state index contributed by atoms with van der Waals surface area (Å²) in [6.07, 6.45) is 1.52. The summed E-state index contributed by atoms with van der Waals surface area (Å²) in [4.78, 5) is 22.5. The minimum absolute atomic E-state index is 0.0167. The van der Waals surface area contributed by atoms with E-state index in [0.717, 1.165) is 0 Å². The molecule has 112 valence electrons. The van der Waals surface area contributed by atoms with Crippen molar-refractivity contribution in [3.63, 3.8) is 0 Å². The fourth-order valence-electron chi connectivity index (χ4n) is 1.94. The first-order valence-corrected chi connectivity index (χ1v) is 7.36. The van der Waals surface area contributed by atoms with Crippen LogP contribution in [0, 0.1) is 0 Å². The molecule has 0 bridgehead atoms. The van der Waals surface area contributed by atoms with Crippen LogP contribution in [0.15, 0.2) is 35.3 Å². The summed E-state index contributed by atoms with van der Waals surface area (Å²) in [5.41, 5.74) is 1.12. The number of aromatic nitrogens is 3. The number of aromatic hydroxyl groups is 1. The van der Waals surface area contributed by atoms with Crippen molar-refractivity contribution in [2.75, 3.05) is 7.11 Å². The van der Waals surface area contributed by atoms with Crippen molar-refractivity contribution in [3.8, 4) is 33.5 Å². The van der Waals surface area contributed by atoms with E-state index in [1.54, 1.807) is 18.2 Å². The van der Waals surface area contributed by atoms with Crippen molar-refractivity contribution < 1.29 is 9.84 Å². The van der Waals surface area contributed by atoms with Crippen molar-refractivity contribution in [1.29, 1.82) is 0 Å². The molecule has 2 N–H and O–H groups in total.